The molecule has 3 rings (SSSR count). The van der Waals surface area contributed by atoms with Crippen LogP contribution in [-0.4, -0.2) is 20.3 Å². The van der Waals surface area contributed by atoms with E-state index in [2.05, 4.69) is 15.3 Å². The lowest BCUT2D eigenvalue weighted by molar-refractivity contribution is 0.0954. The quantitative estimate of drug-likeness (QED) is 0.806. The van der Waals surface area contributed by atoms with Crippen LogP contribution in [0, 0.1) is 0 Å². The molecular formula is C12H9ClN4OS. The molecule has 0 aromatic carbocycles. The van der Waals surface area contributed by atoms with Gasteiger partial charge in [0.25, 0.3) is 5.91 Å². The zero-order chi connectivity index (χ0) is 13.2. The molecule has 5 nitrogen and oxygen atoms in total. The zero-order valence-corrected chi connectivity index (χ0v) is 11.3. The summed E-state index contributed by atoms with van der Waals surface area (Å²) in [5, 5.41) is 2.84. The Morgan fingerprint density at radius 2 is 2.32 bits per heavy atom. The van der Waals surface area contributed by atoms with Crippen LogP contribution in [0.2, 0.25) is 4.34 Å². The average molecular weight is 293 g/mol. The third-order valence-corrected chi connectivity index (χ3v) is 3.85. The molecule has 3 aromatic rings. The van der Waals surface area contributed by atoms with Crippen LogP contribution in [0.15, 0.2) is 36.9 Å². The molecule has 1 N–H and O–H groups in total. The number of carbonyl (C=O) groups excluding carboxylic acids is 1. The minimum Gasteiger partial charge on any atom is -0.346 e. The predicted octanol–water partition coefficient (Wildman–Crippen LogP) is 2.37. The largest absolute Gasteiger partial charge is 0.346 e. The highest BCUT2D eigenvalue weighted by atomic mass is 35.5. The van der Waals surface area contributed by atoms with E-state index in [1.165, 1.54) is 11.3 Å². The average Bonchev–Trinajstić information content (AvgIpc) is 3.02. The van der Waals surface area contributed by atoms with E-state index in [0.29, 0.717) is 15.8 Å². The van der Waals surface area contributed by atoms with Gasteiger partial charge in [0.05, 0.1) is 33.8 Å². The number of thiophene rings is 1. The Bertz CT molecular complexity index is 736. The van der Waals surface area contributed by atoms with Crippen molar-refractivity contribution < 1.29 is 4.79 Å². The molecule has 0 aliphatic rings. The van der Waals surface area contributed by atoms with Crippen LogP contribution in [0.25, 0.3) is 5.65 Å². The summed E-state index contributed by atoms with van der Waals surface area (Å²) in [6, 6.07) is 3.42. The van der Waals surface area contributed by atoms with Crippen molar-refractivity contribution in [3.8, 4) is 0 Å². The first-order valence-electron chi connectivity index (χ1n) is 5.53. The number of hydrogen-bond donors (Lipinski definition) is 1. The van der Waals surface area contributed by atoms with Crippen molar-refractivity contribution in [1.82, 2.24) is 19.7 Å². The van der Waals surface area contributed by atoms with Crippen LogP contribution in [0.5, 0.6) is 0 Å². The number of halogens is 1. The standard InChI is InChI=1S/C12H9ClN4OS/c13-10-2-1-9(19-10)12(18)16-6-8-5-15-11-7-14-3-4-17(8)11/h1-5,7H,6H2,(H,16,18). The van der Waals surface area contributed by atoms with E-state index in [4.69, 9.17) is 11.6 Å². The van der Waals surface area contributed by atoms with Gasteiger partial charge in [-0.3, -0.25) is 14.2 Å². The first-order valence-corrected chi connectivity index (χ1v) is 6.73. The fraction of sp³-hybridized carbons (Fsp3) is 0.0833. The second-order valence-corrected chi connectivity index (χ2v) is 5.56. The summed E-state index contributed by atoms with van der Waals surface area (Å²) in [6.45, 7) is 0.402. The zero-order valence-electron chi connectivity index (χ0n) is 9.71. The summed E-state index contributed by atoms with van der Waals surface area (Å²) >= 11 is 7.06. The molecule has 0 unspecified atom stereocenters. The van der Waals surface area contributed by atoms with Gasteiger partial charge in [-0.15, -0.1) is 11.3 Å². The second-order valence-electron chi connectivity index (χ2n) is 3.84. The molecule has 0 spiro atoms. The number of amides is 1. The highest BCUT2D eigenvalue weighted by molar-refractivity contribution is 7.17. The number of nitrogens with one attached hydrogen (secondary N) is 1. The van der Waals surface area contributed by atoms with E-state index in [1.807, 2.05) is 10.6 Å². The van der Waals surface area contributed by atoms with Gasteiger partial charge in [0, 0.05) is 12.4 Å². The van der Waals surface area contributed by atoms with E-state index in [9.17, 15) is 4.79 Å². The minimum absolute atomic E-state index is 0.138. The number of fused-ring (bicyclic) bond motifs is 1. The molecule has 3 aromatic heterocycles. The van der Waals surface area contributed by atoms with E-state index < -0.39 is 0 Å². The lowest BCUT2D eigenvalue weighted by Gasteiger charge is -2.03. The molecule has 0 saturated heterocycles. The maximum absolute atomic E-state index is 11.9. The number of nitrogens with zero attached hydrogens (tertiary/aromatic N) is 3. The van der Waals surface area contributed by atoms with Gasteiger partial charge in [0.2, 0.25) is 0 Å². The summed E-state index contributed by atoms with van der Waals surface area (Å²) in [7, 11) is 0. The fourth-order valence-electron chi connectivity index (χ4n) is 1.72. The molecule has 7 heteroatoms. The van der Waals surface area contributed by atoms with Crippen molar-refractivity contribution in [1.29, 1.82) is 0 Å². The van der Waals surface area contributed by atoms with Crippen molar-refractivity contribution >= 4 is 34.5 Å². The SMILES string of the molecule is O=C(NCc1cnc2cnccn12)c1ccc(Cl)s1. The highest BCUT2D eigenvalue weighted by Gasteiger charge is 2.09. The van der Waals surface area contributed by atoms with E-state index in [-0.39, 0.29) is 5.91 Å². The Morgan fingerprint density at radius 3 is 3.11 bits per heavy atom. The van der Waals surface area contributed by atoms with Gasteiger partial charge in [-0.25, -0.2) is 4.98 Å². The monoisotopic (exact) mass is 292 g/mol. The normalized spacial score (nSPS) is 10.8. The Balaban J connectivity index is 1.74. The van der Waals surface area contributed by atoms with E-state index in [0.717, 1.165) is 11.3 Å². The lowest BCUT2D eigenvalue weighted by Crippen LogP contribution is -2.22. The second kappa shape index (κ2) is 4.99. The smallest absolute Gasteiger partial charge is 0.261 e. The number of hydrogen-bond acceptors (Lipinski definition) is 4. The number of rotatable bonds is 3. The third-order valence-electron chi connectivity index (χ3n) is 2.62. The van der Waals surface area contributed by atoms with Gasteiger partial charge in [-0.1, -0.05) is 11.6 Å². The van der Waals surface area contributed by atoms with Crippen LogP contribution in [0.4, 0.5) is 0 Å². The lowest BCUT2D eigenvalue weighted by atomic mass is 10.4. The molecule has 0 atom stereocenters. The maximum Gasteiger partial charge on any atom is 0.261 e. The molecule has 0 saturated carbocycles. The van der Waals surface area contributed by atoms with Gasteiger partial charge in [-0.2, -0.15) is 0 Å². The maximum atomic E-state index is 11.9. The van der Waals surface area contributed by atoms with Crippen LogP contribution >= 0.6 is 22.9 Å². The van der Waals surface area contributed by atoms with Gasteiger partial charge in [-0.05, 0) is 12.1 Å². The van der Waals surface area contributed by atoms with Crippen molar-refractivity contribution in [2.24, 2.45) is 0 Å². The van der Waals surface area contributed by atoms with Crippen molar-refractivity contribution in [3.05, 3.63) is 51.8 Å². The molecule has 0 aliphatic carbocycles. The van der Waals surface area contributed by atoms with Crippen LogP contribution in [0.3, 0.4) is 0 Å². The van der Waals surface area contributed by atoms with Crippen molar-refractivity contribution in [2.75, 3.05) is 0 Å². The van der Waals surface area contributed by atoms with Crippen molar-refractivity contribution in [3.63, 3.8) is 0 Å². The highest BCUT2D eigenvalue weighted by Crippen LogP contribution is 2.21. The molecule has 0 fully saturated rings. The molecule has 96 valence electrons. The summed E-state index contributed by atoms with van der Waals surface area (Å²) in [6.07, 6.45) is 6.88. The Morgan fingerprint density at radius 1 is 1.42 bits per heavy atom. The Hall–Kier alpha value is -1.92. The van der Waals surface area contributed by atoms with Gasteiger partial charge in [0.15, 0.2) is 5.65 Å². The molecular weight excluding hydrogens is 284 g/mol. The van der Waals surface area contributed by atoms with E-state index in [1.54, 1.807) is 30.7 Å². The fourth-order valence-corrected chi connectivity index (χ4v) is 2.68. The molecule has 0 bridgehead atoms. The van der Waals surface area contributed by atoms with Crippen LogP contribution in [0.1, 0.15) is 15.4 Å². The molecule has 19 heavy (non-hydrogen) atoms. The number of imidazole rings is 1. The Kier molecular flexibility index (Phi) is 3.18. The summed E-state index contributed by atoms with van der Waals surface area (Å²) in [5.74, 6) is -0.138. The van der Waals surface area contributed by atoms with Crippen LogP contribution in [-0.2, 0) is 6.54 Å². The minimum atomic E-state index is -0.138. The molecule has 0 aliphatic heterocycles. The third kappa shape index (κ3) is 2.45. The summed E-state index contributed by atoms with van der Waals surface area (Å²) in [4.78, 5) is 20.7. The number of carbonyl (C=O) groups is 1. The van der Waals surface area contributed by atoms with Gasteiger partial charge >= 0.3 is 0 Å². The van der Waals surface area contributed by atoms with E-state index >= 15 is 0 Å². The van der Waals surface area contributed by atoms with Crippen molar-refractivity contribution in [2.45, 2.75) is 6.54 Å². The number of aromatic nitrogens is 3. The molecule has 3 heterocycles. The summed E-state index contributed by atoms with van der Waals surface area (Å²) < 4.78 is 2.49. The molecule has 1 amide bonds. The predicted molar refractivity (Wildman–Crippen MR) is 73.5 cm³/mol. The van der Waals surface area contributed by atoms with Crippen LogP contribution < -0.4 is 5.32 Å². The van der Waals surface area contributed by atoms with Gasteiger partial charge < -0.3 is 5.32 Å². The topological polar surface area (TPSA) is 59.3 Å². The molecule has 0 radical (unpaired) electrons. The summed E-state index contributed by atoms with van der Waals surface area (Å²) in [5.41, 5.74) is 1.65. The first-order chi connectivity index (χ1) is 9.24. The van der Waals surface area contributed by atoms with Gasteiger partial charge in [0.1, 0.15) is 0 Å². The Labute approximate surface area is 117 Å². The first kappa shape index (κ1) is 12.1.